The monoisotopic (exact) mass is 225 g/mol. The third-order valence-corrected chi connectivity index (χ3v) is 1.41. The predicted molar refractivity (Wildman–Crippen MR) is 35.5 cm³/mol. The third-order valence-electron chi connectivity index (χ3n) is 1.41. The highest BCUT2D eigenvalue weighted by molar-refractivity contribution is 4.72. The smallest absolute Gasteiger partial charge is 0.355 e. The van der Waals surface area contributed by atoms with Crippen LogP contribution in [0.15, 0.2) is 0 Å². The van der Waals surface area contributed by atoms with Gasteiger partial charge in [0.2, 0.25) is 0 Å². The minimum Gasteiger partial charge on any atom is -0.355 e. The van der Waals surface area contributed by atoms with Crippen molar-refractivity contribution in [2.75, 3.05) is 6.54 Å². The normalized spacial score (nSPS) is 18.0. The molecule has 0 aliphatic heterocycles. The molecule has 0 heterocycles. The zero-order valence-corrected chi connectivity index (χ0v) is 7.12. The predicted octanol–water partition coefficient (Wildman–Crippen LogP) is 1.84. The van der Waals surface area contributed by atoms with Gasteiger partial charge in [0.25, 0.3) is 0 Å². The Kier molecular flexibility index (Phi) is 4.19. The average molecular weight is 225 g/mol. The maximum Gasteiger partial charge on any atom is 0.415 e. The number of nitrogens with two attached hydrogens (primary N) is 1. The van der Waals surface area contributed by atoms with Crippen molar-refractivity contribution in [2.45, 2.75) is 31.5 Å². The van der Waals surface area contributed by atoms with Gasteiger partial charge >= 0.3 is 12.4 Å². The summed E-state index contributed by atoms with van der Waals surface area (Å²) in [5.41, 5.74) is 4.64. The van der Waals surface area contributed by atoms with Crippen molar-refractivity contribution in [2.24, 2.45) is 5.73 Å². The van der Waals surface area contributed by atoms with Crippen LogP contribution in [0.25, 0.3) is 0 Å². The maximum absolute atomic E-state index is 11.9. The fourth-order valence-electron chi connectivity index (χ4n) is 0.590. The Labute approximate surface area is 76.0 Å². The van der Waals surface area contributed by atoms with Gasteiger partial charge in [-0.15, -0.1) is 0 Å². The molecule has 0 bridgehead atoms. The van der Waals surface area contributed by atoms with Crippen molar-refractivity contribution in [1.82, 2.24) is 0 Å². The van der Waals surface area contributed by atoms with Crippen LogP contribution in [0.3, 0.4) is 0 Å². The Morgan fingerprint density at radius 1 is 1.07 bits per heavy atom. The van der Waals surface area contributed by atoms with Crippen LogP contribution in [-0.2, 0) is 4.74 Å². The number of hydrogen-bond donors (Lipinski definition) is 1. The van der Waals surface area contributed by atoms with Crippen LogP contribution < -0.4 is 5.73 Å². The van der Waals surface area contributed by atoms with Crippen molar-refractivity contribution in [3.05, 3.63) is 0 Å². The molecule has 0 aromatic carbocycles. The zero-order valence-electron chi connectivity index (χ0n) is 7.12. The van der Waals surface area contributed by atoms with E-state index in [1.807, 2.05) is 0 Å². The Balaban J connectivity index is 4.34. The van der Waals surface area contributed by atoms with E-state index in [1.165, 1.54) is 0 Å². The molecule has 0 amide bonds. The lowest BCUT2D eigenvalue weighted by molar-refractivity contribution is -0.278. The van der Waals surface area contributed by atoms with Crippen LogP contribution in [0.1, 0.15) is 6.92 Å². The van der Waals surface area contributed by atoms with E-state index < -0.39 is 31.1 Å². The Bertz CT molecular complexity index is 176. The lowest BCUT2D eigenvalue weighted by Crippen LogP contribution is -2.44. The molecule has 0 fully saturated rings. The Hall–Kier alpha value is -0.500. The van der Waals surface area contributed by atoms with Gasteiger partial charge in [-0.05, 0) is 6.92 Å². The molecule has 2 nitrogen and oxygen atoms in total. The second-order valence-electron chi connectivity index (χ2n) is 2.59. The minimum absolute atomic E-state index is 0.494. The van der Waals surface area contributed by atoms with Crippen LogP contribution in [0, 0.1) is 0 Å². The summed E-state index contributed by atoms with van der Waals surface area (Å²) in [6, 6.07) is 0. The molecule has 0 radical (unpaired) electrons. The Morgan fingerprint density at radius 3 is 1.71 bits per heavy atom. The molecule has 0 aromatic heterocycles. The van der Waals surface area contributed by atoms with E-state index in [-0.39, 0.29) is 0 Å². The van der Waals surface area contributed by atoms with E-state index in [9.17, 15) is 26.3 Å². The summed E-state index contributed by atoms with van der Waals surface area (Å²) in [5, 5.41) is 0. The molecule has 2 unspecified atom stereocenters. The molecule has 8 heteroatoms. The molecule has 0 spiro atoms. The largest absolute Gasteiger partial charge is 0.415 e. The summed E-state index contributed by atoms with van der Waals surface area (Å²) < 4.78 is 74.8. The summed E-state index contributed by atoms with van der Waals surface area (Å²) >= 11 is 0. The molecule has 0 aliphatic carbocycles. The fraction of sp³-hybridized carbons (Fsp3) is 1.00. The number of alkyl halides is 6. The lowest BCUT2D eigenvalue weighted by atomic mass is 10.3. The van der Waals surface area contributed by atoms with Gasteiger partial charge in [-0.2, -0.15) is 26.3 Å². The fourth-order valence-corrected chi connectivity index (χ4v) is 0.590. The molecular weight excluding hydrogens is 216 g/mol. The van der Waals surface area contributed by atoms with Gasteiger partial charge in [0, 0.05) is 6.54 Å². The van der Waals surface area contributed by atoms with E-state index in [0.717, 1.165) is 0 Å². The van der Waals surface area contributed by atoms with Gasteiger partial charge in [-0.25, -0.2) is 0 Å². The molecule has 0 saturated carbocycles. The van der Waals surface area contributed by atoms with E-state index in [1.54, 1.807) is 0 Å². The molecular formula is C6H9F6NO. The second kappa shape index (κ2) is 4.35. The Morgan fingerprint density at radius 2 is 1.50 bits per heavy atom. The first-order valence-electron chi connectivity index (χ1n) is 3.58. The van der Waals surface area contributed by atoms with Crippen LogP contribution in [-0.4, -0.2) is 31.1 Å². The summed E-state index contributed by atoms with van der Waals surface area (Å²) in [7, 11) is 0. The van der Waals surface area contributed by atoms with Crippen molar-refractivity contribution >= 4 is 0 Å². The first-order chi connectivity index (χ1) is 6.09. The molecule has 0 rings (SSSR count). The topological polar surface area (TPSA) is 35.2 Å². The van der Waals surface area contributed by atoms with Crippen molar-refractivity contribution < 1.29 is 31.1 Å². The SMILES string of the molecule is CC(OC(CN)C(F)(F)F)C(F)(F)F. The van der Waals surface area contributed by atoms with E-state index >= 15 is 0 Å². The van der Waals surface area contributed by atoms with E-state index in [0.29, 0.717) is 6.92 Å². The third kappa shape index (κ3) is 4.14. The van der Waals surface area contributed by atoms with Gasteiger partial charge in [0.05, 0.1) is 0 Å². The molecule has 0 aromatic rings. The molecule has 14 heavy (non-hydrogen) atoms. The second-order valence-corrected chi connectivity index (χ2v) is 2.59. The molecule has 0 aliphatic rings. The van der Waals surface area contributed by atoms with Crippen LogP contribution in [0.2, 0.25) is 0 Å². The number of rotatable bonds is 3. The summed E-state index contributed by atoms with van der Waals surface area (Å²) in [5.74, 6) is 0. The van der Waals surface area contributed by atoms with Gasteiger partial charge in [0.15, 0.2) is 12.2 Å². The van der Waals surface area contributed by atoms with Crippen molar-refractivity contribution in [3.8, 4) is 0 Å². The quantitative estimate of drug-likeness (QED) is 0.744. The van der Waals surface area contributed by atoms with Crippen LogP contribution >= 0.6 is 0 Å². The summed E-state index contributed by atoms with van der Waals surface area (Å²) in [4.78, 5) is 0. The lowest BCUT2D eigenvalue weighted by Gasteiger charge is -2.24. The number of hydrogen-bond acceptors (Lipinski definition) is 2. The highest BCUT2D eigenvalue weighted by Crippen LogP contribution is 2.28. The highest BCUT2D eigenvalue weighted by atomic mass is 19.4. The van der Waals surface area contributed by atoms with Gasteiger partial charge in [0.1, 0.15) is 0 Å². The molecule has 0 saturated heterocycles. The molecule has 2 N–H and O–H groups in total. The van der Waals surface area contributed by atoms with Gasteiger partial charge in [-0.3, -0.25) is 0 Å². The zero-order chi connectivity index (χ0) is 11.6. The van der Waals surface area contributed by atoms with Crippen LogP contribution in [0.5, 0.6) is 0 Å². The summed E-state index contributed by atoms with van der Waals surface area (Å²) in [6.45, 7) is -0.543. The maximum atomic E-state index is 11.9. The van der Waals surface area contributed by atoms with E-state index in [2.05, 4.69) is 10.5 Å². The standard InChI is InChI=1S/C6H9F6NO/c1-3(5(7,8)9)14-4(2-13)6(10,11)12/h3-4H,2,13H2,1H3. The van der Waals surface area contributed by atoms with Gasteiger partial charge in [-0.1, -0.05) is 0 Å². The highest BCUT2D eigenvalue weighted by Gasteiger charge is 2.46. The number of ether oxygens (including phenoxy) is 1. The first-order valence-corrected chi connectivity index (χ1v) is 3.58. The molecule has 2 atom stereocenters. The van der Waals surface area contributed by atoms with Crippen LogP contribution in [0.4, 0.5) is 26.3 Å². The van der Waals surface area contributed by atoms with Crippen molar-refractivity contribution in [1.29, 1.82) is 0 Å². The first kappa shape index (κ1) is 13.5. The molecule has 86 valence electrons. The number of halogens is 6. The van der Waals surface area contributed by atoms with Gasteiger partial charge < -0.3 is 10.5 Å². The summed E-state index contributed by atoms with van der Waals surface area (Å²) in [6.07, 6.45) is -14.8. The van der Waals surface area contributed by atoms with Crippen molar-refractivity contribution in [3.63, 3.8) is 0 Å². The minimum atomic E-state index is -4.88. The average Bonchev–Trinajstić information content (AvgIpc) is 1.95. The van der Waals surface area contributed by atoms with E-state index in [4.69, 9.17) is 0 Å².